The van der Waals surface area contributed by atoms with Crippen molar-refractivity contribution < 1.29 is 4.74 Å². The Morgan fingerprint density at radius 3 is 2.72 bits per heavy atom. The Morgan fingerprint density at radius 1 is 1.28 bits per heavy atom. The highest BCUT2D eigenvalue weighted by Gasteiger charge is 2.39. The number of piperidine rings is 1. The number of anilines is 2. The van der Waals surface area contributed by atoms with E-state index in [1.165, 1.54) is 19.3 Å². The molecule has 1 saturated heterocycles. The van der Waals surface area contributed by atoms with E-state index in [1.54, 1.807) is 0 Å². The number of hydrogen-bond acceptors (Lipinski definition) is 6. The summed E-state index contributed by atoms with van der Waals surface area (Å²) in [5, 5.41) is 0. The van der Waals surface area contributed by atoms with E-state index in [2.05, 4.69) is 19.9 Å². The number of nitrogens with two attached hydrogens (primary N) is 1. The van der Waals surface area contributed by atoms with Crippen molar-refractivity contribution in [3.8, 4) is 6.01 Å². The monoisotopic (exact) mass is 249 g/mol. The quantitative estimate of drug-likeness (QED) is 0.868. The third-order valence-corrected chi connectivity index (χ3v) is 3.63. The predicted molar refractivity (Wildman–Crippen MR) is 68.5 cm³/mol. The van der Waals surface area contributed by atoms with Gasteiger partial charge in [-0.3, -0.25) is 0 Å². The number of fused-ring (bicyclic) bond motifs is 2. The van der Waals surface area contributed by atoms with Gasteiger partial charge in [-0.05, 0) is 39.0 Å². The molecular weight excluding hydrogens is 230 g/mol. The van der Waals surface area contributed by atoms with Crippen molar-refractivity contribution >= 4 is 11.9 Å². The first-order valence-corrected chi connectivity index (χ1v) is 6.56. The van der Waals surface area contributed by atoms with Gasteiger partial charge in [-0.15, -0.1) is 0 Å². The molecule has 2 aliphatic rings. The van der Waals surface area contributed by atoms with Gasteiger partial charge in [0, 0.05) is 12.6 Å². The first-order chi connectivity index (χ1) is 8.61. The zero-order valence-electron chi connectivity index (χ0n) is 10.8. The van der Waals surface area contributed by atoms with Crippen LogP contribution in [0.4, 0.5) is 11.9 Å². The summed E-state index contributed by atoms with van der Waals surface area (Å²) >= 11 is 0. The largest absolute Gasteiger partial charge is 0.461 e. The summed E-state index contributed by atoms with van der Waals surface area (Å²) in [6.45, 7) is 4.92. The minimum absolute atomic E-state index is 0.0367. The van der Waals surface area contributed by atoms with Gasteiger partial charge in [0.05, 0.1) is 6.10 Å². The summed E-state index contributed by atoms with van der Waals surface area (Å²) in [7, 11) is 0. The maximum Gasteiger partial charge on any atom is 0.323 e. The van der Waals surface area contributed by atoms with E-state index >= 15 is 0 Å². The van der Waals surface area contributed by atoms with Crippen LogP contribution in [0.25, 0.3) is 0 Å². The van der Waals surface area contributed by atoms with Crippen LogP contribution in [-0.2, 0) is 0 Å². The van der Waals surface area contributed by atoms with Crippen molar-refractivity contribution in [2.75, 3.05) is 17.2 Å². The molecular formula is C12H19N5O. The minimum atomic E-state index is 0.0367. The van der Waals surface area contributed by atoms with Gasteiger partial charge in [0.25, 0.3) is 0 Å². The van der Waals surface area contributed by atoms with Crippen molar-refractivity contribution in [1.29, 1.82) is 0 Å². The van der Waals surface area contributed by atoms with E-state index in [9.17, 15) is 0 Å². The van der Waals surface area contributed by atoms with Crippen molar-refractivity contribution in [2.45, 2.75) is 45.3 Å². The molecule has 1 aliphatic heterocycles. The number of rotatable bonds is 3. The number of nitrogen functional groups attached to an aromatic ring is 1. The zero-order valence-corrected chi connectivity index (χ0v) is 10.8. The van der Waals surface area contributed by atoms with Crippen molar-refractivity contribution in [3.05, 3.63) is 0 Å². The highest BCUT2D eigenvalue weighted by Crippen LogP contribution is 2.39. The Kier molecular flexibility index (Phi) is 2.72. The smallest absolute Gasteiger partial charge is 0.323 e. The summed E-state index contributed by atoms with van der Waals surface area (Å²) in [5.74, 6) is 1.70. The molecule has 0 amide bonds. The van der Waals surface area contributed by atoms with Gasteiger partial charge in [0.15, 0.2) is 0 Å². The Hall–Kier alpha value is -1.59. The molecule has 98 valence electrons. The first-order valence-electron chi connectivity index (χ1n) is 6.56. The van der Waals surface area contributed by atoms with Crippen molar-refractivity contribution in [2.24, 2.45) is 5.92 Å². The Morgan fingerprint density at radius 2 is 2.11 bits per heavy atom. The Labute approximate surface area is 107 Å². The fraction of sp³-hybridized carbons (Fsp3) is 0.750. The number of ether oxygens (including phenoxy) is 1. The molecule has 1 aromatic heterocycles. The molecule has 0 aromatic carbocycles. The molecule has 2 atom stereocenters. The fourth-order valence-corrected chi connectivity index (χ4v) is 2.92. The van der Waals surface area contributed by atoms with Crippen LogP contribution >= 0.6 is 0 Å². The molecule has 2 bridgehead atoms. The van der Waals surface area contributed by atoms with E-state index in [1.807, 2.05) is 13.8 Å². The average Bonchev–Trinajstić information content (AvgIpc) is 2.88. The van der Waals surface area contributed by atoms with Crippen LogP contribution in [0.3, 0.4) is 0 Å². The molecule has 1 saturated carbocycles. The van der Waals surface area contributed by atoms with Gasteiger partial charge in [-0.2, -0.15) is 15.0 Å². The van der Waals surface area contributed by atoms with Crippen LogP contribution in [0.5, 0.6) is 6.01 Å². The first kappa shape index (κ1) is 11.5. The lowest BCUT2D eigenvalue weighted by Gasteiger charge is -2.27. The van der Waals surface area contributed by atoms with Gasteiger partial charge in [-0.1, -0.05) is 0 Å². The molecule has 0 radical (unpaired) electrons. The molecule has 6 heteroatoms. The highest BCUT2D eigenvalue weighted by atomic mass is 16.5. The van der Waals surface area contributed by atoms with Gasteiger partial charge in [0.2, 0.25) is 11.9 Å². The van der Waals surface area contributed by atoms with Crippen LogP contribution in [0.1, 0.15) is 33.1 Å². The SMILES string of the molecule is CC(C)Oc1nc(N)nc(N2CC3CCC2C3)n1. The lowest BCUT2D eigenvalue weighted by atomic mass is 10.1. The summed E-state index contributed by atoms with van der Waals surface area (Å²) in [5.41, 5.74) is 5.73. The lowest BCUT2D eigenvalue weighted by molar-refractivity contribution is 0.222. The standard InChI is InChI=1S/C12H19N5O/c1-7(2)18-12-15-10(13)14-11(16-12)17-6-8-3-4-9(17)5-8/h7-9H,3-6H2,1-2H3,(H2,13,14,15,16). The minimum Gasteiger partial charge on any atom is -0.461 e. The van der Waals surface area contributed by atoms with E-state index in [4.69, 9.17) is 10.5 Å². The normalized spacial score (nSPS) is 26.1. The second-order valence-corrected chi connectivity index (χ2v) is 5.43. The second kappa shape index (κ2) is 4.26. The molecule has 6 nitrogen and oxygen atoms in total. The summed E-state index contributed by atoms with van der Waals surface area (Å²) < 4.78 is 5.51. The lowest BCUT2D eigenvalue weighted by Crippen LogP contribution is -2.33. The molecule has 2 N–H and O–H groups in total. The molecule has 2 fully saturated rings. The maximum absolute atomic E-state index is 5.73. The molecule has 18 heavy (non-hydrogen) atoms. The summed E-state index contributed by atoms with van der Waals surface area (Å²) in [4.78, 5) is 14.9. The highest BCUT2D eigenvalue weighted by molar-refractivity contribution is 5.39. The third-order valence-electron chi connectivity index (χ3n) is 3.63. The Bertz CT molecular complexity index is 450. The molecule has 1 aliphatic carbocycles. The Balaban J connectivity index is 1.85. The van der Waals surface area contributed by atoms with E-state index in [-0.39, 0.29) is 12.1 Å². The van der Waals surface area contributed by atoms with Crippen LogP contribution in [0.15, 0.2) is 0 Å². The van der Waals surface area contributed by atoms with Crippen LogP contribution in [0, 0.1) is 5.92 Å². The zero-order chi connectivity index (χ0) is 12.7. The average molecular weight is 249 g/mol. The molecule has 2 heterocycles. The van der Waals surface area contributed by atoms with E-state index in [0.29, 0.717) is 18.0 Å². The van der Waals surface area contributed by atoms with E-state index in [0.717, 1.165) is 12.5 Å². The molecule has 0 spiro atoms. The maximum atomic E-state index is 5.73. The predicted octanol–water partition coefficient (Wildman–Crippen LogP) is 1.23. The van der Waals surface area contributed by atoms with Gasteiger partial charge < -0.3 is 15.4 Å². The topological polar surface area (TPSA) is 77.2 Å². The van der Waals surface area contributed by atoms with Gasteiger partial charge in [0.1, 0.15) is 0 Å². The number of nitrogens with zero attached hydrogens (tertiary/aromatic N) is 4. The summed E-state index contributed by atoms with van der Waals surface area (Å²) in [6, 6.07) is 0.902. The van der Waals surface area contributed by atoms with Gasteiger partial charge >= 0.3 is 6.01 Å². The third kappa shape index (κ3) is 2.07. The van der Waals surface area contributed by atoms with Crippen LogP contribution in [0.2, 0.25) is 0 Å². The van der Waals surface area contributed by atoms with Crippen molar-refractivity contribution in [1.82, 2.24) is 15.0 Å². The number of aromatic nitrogens is 3. The molecule has 2 unspecified atom stereocenters. The van der Waals surface area contributed by atoms with E-state index < -0.39 is 0 Å². The number of hydrogen-bond donors (Lipinski definition) is 1. The molecule has 1 aromatic rings. The van der Waals surface area contributed by atoms with Crippen LogP contribution in [-0.4, -0.2) is 33.6 Å². The fourth-order valence-electron chi connectivity index (χ4n) is 2.92. The summed E-state index contributed by atoms with van der Waals surface area (Å²) in [6.07, 6.45) is 3.86. The van der Waals surface area contributed by atoms with Crippen molar-refractivity contribution in [3.63, 3.8) is 0 Å². The second-order valence-electron chi connectivity index (χ2n) is 5.43. The van der Waals surface area contributed by atoms with Crippen LogP contribution < -0.4 is 15.4 Å². The molecule has 3 rings (SSSR count). The van der Waals surface area contributed by atoms with Gasteiger partial charge in [-0.25, -0.2) is 0 Å².